The largest absolute Gasteiger partial charge is 0.497 e. The highest BCUT2D eigenvalue weighted by atomic mass is 16.6. The zero-order chi connectivity index (χ0) is 18.9. The van der Waals surface area contributed by atoms with Crippen molar-refractivity contribution in [2.75, 3.05) is 13.7 Å². The Kier molecular flexibility index (Phi) is 6.49. The monoisotopic (exact) mass is 359 g/mol. The van der Waals surface area contributed by atoms with E-state index in [2.05, 4.69) is 10.9 Å². The number of hydrazine groups is 1. The van der Waals surface area contributed by atoms with Gasteiger partial charge in [-0.25, -0.2) is 0 Å². The van der Waals surface area contributed by atoms with Gasteiger partial charge in [-0.3, -0.25) is 30.6 Å². The van der Waals surface area contributed by atoms with Crippen LogP contribution in [0.25, 0.3) is 0 Å². The molecule has 2 N–H and O–H groups in total. The number of carbonyl (C=O) groups excluding carboxylic acids is 2. The van der Waals surface area contributed by atoms with Crippen molar-refractivity contribution >= 4 is 17.5 Å². The van der Waals surface area contributed by atoms with Crippen molar-refractivity contribution in [1.29, 1.82) is 0 Å². The van der Waals surface area contributed by atoms with Gasteiger partial charge >= 0.3 is 5.69 Å². The van der Waals surface area contributed by atoms with E-state index in [-0.39, 0.29) is 17.9 Å². The lowest BCUT2D eigenvalue weighted by Crippen LogP contribution is -2.44. The molecule has 9 heteroatoms. The van der Waals surface area contributed by atoms with Crippen LogP contribution in [0.15, 0.2) is 48.5 Å². The molecule has 0 heterocycles. The lowest BCUT2D eigenvalue weighted by molar-refractivity contribution is -0.385. The van der Waals surface area contributed by atoms with Gasteiger partial charge in [0, 0.05) is 6.07 Å². The van der Waals surface area contributed by atoms with Crippen LogP contribution in [0.2, 0.25) is 0 Å². The predicted molar refractivity (Wildman–Crippen MR) is 91.6 cm³/mol. The first kappa shape index (κ1) is 18.7. The summed E-state index contributed by atoms with van der Waals surface area (Å²) in [7, 11) is 1.55. The number of nitrogens with one attached hydrogen (secondary N) is 2. The predicted octanol–water partition coefficient (Wildman–Crippen LogP) is 1.37. The summed E-state index contributed by atoms with van der Waals surface area (Å²) in [5, 5.41) is 10.9. The van der Waals surface area contributed by atoms with Crippen molar-refractivity contribution in [2.24, 2.45) is 0 Å². The Bertz CT molecular complexity index is 791. The molecule has 0 saturated carbocycles. The maximum Gasteiger partial charge on any atom is 0.310 e. The summed E-state index contributed by atoms with van der Waals surface area (Å²) < 4.78 is 10.1. The molecule has 2 rings (SSSR count). The summed E-state index contributed by atoms with van der Waals surface area (Å²) in [6.07, 6.45) is 0.0648. The highest BCUT2D eigenvalue weighted by Crippen LogP contribution is 2.25. The summed E-state index contributed by atoms with van der Waals surface area (Å²) >= 11 is 0. The van der Waals surface area contributed by atoms with Crippen LogP contribution in [0.5, 0.6) is 11.5 Å². The first-order chi connectivity index (χ1) is 12.5. The minimum atomic E-state index is -0.647. The third kappa shape index (κ3) is 5.48. The Labute approximate surface area is 149 Å². The Morgan fingerprint density at radius 2 is 1.69 bits per heavy atom. The molecule has 0 aliphatic heterocycles. The molecule has 2 aromatic carbocycles. The molecular weight excluding hydrogens is 342 g/mol. The molecule has 0 radical (unpaired) electrons. The van der Waals surface area contributed by atoms with Gasteiger partial charge in [-0.2, -0.15) is 0 Å². The van der Waals surface area contributed by atoms with Gasteiger partial charge in [-0.15, -0.1) is 0 Å². The van der Waals surface area contributed by atoms with E-state index in [0.717, 1.165) is 5.56 Å². The number of ether oxygens (including phenoxy) is 2. The first-order valence-corrected chi connectivity index (χ1v) is 7.56. The molecule has 0 saturated heterocycles. The molecular formula is C17H17N3O6. The topological polar surface area (TPSA) is 120 Å². The SMILES string of the molecule is COc1ccc(CC(=O)NNC(=O)COc2ccccc2[N+](=O)[O-])cc1. The number of rotatable bonds is 7. The molecule has 0 unspecified atom stereocenters. The smallest absolute Gasteiger partial charge is 0.310 e. The number of amides is 2. The Morgan fingerprint density at radius 3 is 2.35 bits per heavy atom. The number of para-hydroxylation sites is 2. The van der Waals surface area contributed by atoms with Crippen molar-refractivity contribution in [3.8, 4) is 11.5 Å². The van der Waals surface area contributed by atoms with Crippen LogP contribution in [-0.2, 0) is 16.0 Å². The van der Waals surface area contributed by atoms with Crippen molar-refractivity contribution in [1.82, 2.24) is 10.9 Å². The Morgan fingerprint density at radius 1 is 1.04 bits per heavy atom. The van der Waals surface area contributed by atoms with E-state index in [9.17, 15) is 19.7 Å². The number of carbonyl (C=O) groups is 2. The van der Waals surface area contributed by atoms with Crippen LogP contribution >= 0.6 is 0 Å². The minimum Gasteiger partial charge on any atom is -0.497 e. The molecule has 0 bridgehead atoms. The lowest BCUT2D eigenvalue weighted by Gasteiger charge is -2.09. The van der Waals surface area contributed by atoms with Gasteiger partial charge in [0.15, 0.2) is 12.4 Å². The van der Waals surface area contributed by atoms with Gasteiger partial charge in [0.25, 0.3) is 5.91 Å². The van der Waals surface area contributed by atoms with Gasteiger partial charge in [0.05, 0.1) is 18.5 Å². The minimum absolute atomic E-state index is 0.0304. The second-order valence-corrected chi connectivity index (χ2v) is 5.13. The highest BCUT2D eigenvalue weighted by Gasteiger charge is 2.15. The molecule has 26 heavy (non-hydrogen) atoms. The summed E-state index contributed by atoms with van der Waals surface area (Å²) in [5.41, 5.74) is 4.93. The fourth-order valence-corrected chi connectivity index (χ4v) is 2.02. The van der Waals surface area contributed by atoms with E-state index in [0.29, 0.717) is 5.75 Å². The van der Waals surface area contributed by atoms with E-state index in [1.54, 1.807) is 37.4 Å². The van der Waals surface area contributed by atoms with Crippen molar-refractivity contribution < 1.29 is 24.0 Å². The maximum absolute atomic E-state index is 11.8. The summed E-state index contributed by atoms with van der Waals surface area (Å²) in [6, 6.07) is 12.6. The molecule has 136 valence electrons. The molecule has 2 amide bonds. The molecule has 0 aromatic heterocycles. The van der Waals surface area contributed by atoms with Crippen molar-refractivity contribution in [2.45, 2.75) is 6.42 Å². The zero-order valence-corrected chi connectivity index (χ0v) is 13.9. The van der Waals surface area contributed by atoms with Gasteiger partial charge in [0.2, 0.25) is 5.91 Å². The van der Waals surface area contributed by atoms with Gasteiger partial charge in [-0.05, 0) is 23.8 Å². The summed E-state index contributed by atoms with van der Waals surface area (Å²) in [5.74, 6) is -0.424. The number of nitro groups is 1. The Balaban J connectivity index is 1.77. The number of benzene rings is 2. The number of methoxy groups -OCH3 is 1. The first-order valence-electron chi connectivity index (χ1n) is 7.56. The average molecular weight is 359 g/mol. The molecule has 0 atom stereocenters. The fourth-order valence-electron chi connectivity index (χ4n) is 2.02. The quantitative estimate of drug-likeness (QED) is 0.569. The fraction of sp³-hybridized carbons (Fsp3) is 0.176. The van der Waals surface area contributed by atoms with E-state index >= 15 is 0 Å². The molecule has 9 nitrogen and oxygen atoms in total. The number of nitro benzene ring substituents is 1. The van der Waals surface area contributed by atoms with Crippen LogP contribution in [0.1, 0.15) is 5.56 Å². The second kappa shape index (κ2) is 9.02. The number of hydrogen-bond donors (Lipinski definition) is 2. The van der Waals surface area contributed by atoms with Crippen LogP contribution in [0.3, 0.4) is 0 Å². The Hall–Kier alpha value is -3.62. The third-order valence-electron chi connectivity index (χ3n) is 3.29. The van der Waals surface area contributed by atoms with E-state index in [4.69, 9.17) is 9.47 Å². The average Bonchev–Trinajstić information content (AvgIpc) is 2.65. The molecule has 0 spiro atoms. The van der Waals surface area contributed by atoms with Crippen molar-refractivity contribution in [3.63, 3.8) is 0 Å². The van der Waals surface area contributed by atoms with E-state index in [1.807, 2.05) is 0 Å². The van der Waals surface area contributed by atoms with Crippen LogP contribution in [0.4, 0.5) is 5.69 Å². The van der Waals surface area contributed by atoms with Gasteiger partial charge < -0.3 is 9.47 Å². The van der Waals surface area contributed by atoms with Crippen LogP contribution in [0, 0.1) is 10.1 Å². The van der Waals surface area contributed by atoms with Gasteiger partial charge in [0.1, 0.15) is 5.75 Å². The molecule has 0 aliphatic carbocycles. The van der Waals surface area contributed by atoms with Crippen LogP contribution in [-0.4, -0.2) is 30.5 Å². The maximum atomic E-state index is 11.8. The van der Waals surface area contributed by atoms with E-state index in [1.165, 1.54) is 18.2 Å². The molecule has 2 aromatic rings. The highest BCUT2D eigenvalue weighted by molar-refractivity contribution is 5.83. The van der Waals surface area contributed by atoms with E-state index < -0.39 is 23.3 Å². The van der Waals surface area contributed by atoms with Crippen molar-refractivity contribution in [3.05, 3.63) is 64.2 Å². The third-order valence-corrected chi connectivity index (χ3v) is 3.29. The zero-order valence-electron chi connectivity index (χ0n) is 13.9. The molecule has 0 aliphatic rings. The van der Waals surface area contributed by atoms with Gasteiger partial charge in [-0.1, -0.05) is 24.3 Å². The van der Waals surface area contributed by atoms with Crippen LogP contribution < -0.4 is 20.3 Å². The normalized spacial score (nSPS) is 9.88. The summed E-state index contributed by atoms with van der Waals surface area (Å²) in [4.78, 5) is 33.8. The number of hydrogen-bond acceptors (Lipinski definition) is 6. The lowest BCUT2D eigenvalue weighted by atomic mass is 10.1. The number of nitrogens with zero attached hydrogens (tertiary/aromatic N) is 1. The standard InChI is InChI=1S/C17H17N3O6/c1-25-13-8-6-12(7-9-13)10-16(21)18-19-17(22)11-26-15-5-3-2-4-14(15)20(23)24/h2-9H,10-11H2,1H3,(H,18,21)(H,19,22). The second-order valence-electron chi connectivity index (χ2n) is 5.13. The summed E-state index contributed by atoms with van der Waals surface area (Å²) in [6.45, 7) is -0.479. The molecule has 0 fully saturated rings.